The number of likely N-dealkylation sites (N-methyl/N-ethyl adjacent to an activating group) is 1. The molecule has 0 radical (unpaired) electrons. The SMILES string of the molecule is Cc1cc(C2=NCc3cc4c(cc32)CN([C@@H]2CN(C)C[C@H]2c2ccccc2F)C(=O)C4)cc(C)n1. The van der Waals surface area contributed by atoms with Gasteiger partial charge in [0.05, 0.1) is 24.7 Å². The van der Waals surface area contributed by atoms with Gasteiger partial charge in [0, 0.05) is 48.1 Å². The van der Waals surface area contributed by atoms with Crippen molar-refractivity contribution in [2.45, 2.75) is 45.3 Å². The predicted molar refractivity (Wildman–Crippen MR) is 134 cm³/mol. The van der Waals surface area contributed by atoms with Gasteiger partial charge in [-0.05, 0) is 67.4 Å². The standard InChI is InChI=1S/C29H29FN4O/c1-17-8-20(9-18(2)32-17)29-24-11-22-14-34(28(35)12-19(22)10-21(24)13-31-29)27-16-33(3)15-25(27)23-6-4-5-7-26(23)30/h4-11,25,27H,12-16H2,1-3H3/t25-,27+/m0/s1. The summed E-state index contributed by atoms with van der Waals surface area (Å²) >= 11 is 0. The smallest absolute Gasteiger partial charge is 0.227 e. The van der Waals surface area contributed by atoms with E-state index in [0.29, 0.717) is 25.1 Å². The summed E-state index contributed by atoms with van der Waals surface area (Å²) in [5.41, 5.74) is 9.35. The minimum atomic E-state index is -0.190. The van der Waals surface area contributed by atoms with E-state index in [1.165, 1.54) is 17.2 Å². The highest BCUT2D eigenvalue weighted by Crippen LogP contribution is 2.36. The van der Waals surface area contributed by atoms with Crippen LogP contribution in [0.3, 0.4) is 0 Å². The molecule has 0 unspecified atom stereocenters. The molecule has 0 bridgehead atoms. The van der Waals surface area contributed by atoms with E-state index in [4.69, 9.17) is 4.99 Å². The van der Waals surface area contributed by atoms with Crippen LogP contribution in [-0.2, 0) is 24.3 Å². The number of carbonyl (C=O) groups excluding carboxylic acids is 1. The van der Waals surface area contributed by atoms with Gasteiger partial charge in [-0.25, -0.2) is 4.39 Å². The van der Waals surface area contributed by atoms with Crippen molar-refractivity contribution in [3.63, 3.8) is 0 Å². The second-order valence-electron chi connectivity index (χ2n) is 10.2. The highest BCUT2D eigenvalue weighted by molar-refractivity contribution is 6.15. The zero-order valence-corrected chi connectivity index (χ0v) is 20.4. The predicted octanol–water partition coefficient (Wildman–Crippen LogP) is 4.17. The first-order valence-corrected chi connectivity index (χ1v) is 12.2. The van der Waals surface area contributed by atoms with Crippen LogP contribution in [0.5, 0.6) is 0 Å². The number of likely N-dealkylation sites (tertiary alicyclic amines) is 1. The summed E-state index contributed by atoms with van der Waals surface area (Å²) in [6.07, 6.45) is 0.385. The summed E-state index contributed by atoms with van der Waals surface area (Å²) in [6, 6.07) is 15.5. The van der Waals surface area contributed by atoms with Gasteiger partial charge in [0.2, 0.25) is 5.91 Å². The Hall–Kier alpha value is -3.38. The lowest BCUT2D eigenvalue weighted by Crippen LogP contribution is -2.47. The van der Waals surface area contributed by atoms with Crippen LogP contribution < -0.4 is 0 Å². The van der Waals surface area contributed by atoms with Crippen LogP contribution in [0, 0.1) is 19.7 Å². The normalized spacial score (nSPS) is 21.8. The minimum Gasteiger partial charge on any atom is -0.333 e. The maximum absolute atomic E-state index is 14.7. The van der Waals surface area contributed by atoms with Gasteiger partial charge in [-0.3, -0.25) is 14.8 Å². The number of hydrogen-bond donors (Lipinski definition) is 0. The molecular weight excluding hydrogens is 439 g/mol. The summed E-state index contributed by atoms with van der Waals surface area (Å²) in [4.78, 5) is 26.9. The number of aryl methyl sites for hydroxylation is 2. The molecule has 3 aliphatic heterocycles. The molecule has 6 rings (SSSR count). The largest absolute Gasteiger partial charge is 0.333 e. The molecule has 3 aromatic rings. The number of aliphatic imine (C=N–C) groups is 1. The van der Waals surface area contributed by atoms with Crippen molar-refractivity contribution in [3.05, 3.63) is 99.1 Å². The van der Waals surface area contributed by atoms with Crippen molar-refractivity contribution < 1.29 is 9.18 Å². The zero-order valence-electron chi connectivity index (χ0n) is 20.4. The molecule has 0 saturated carbocycles. The van der Waals surface area contributed by atoms with Crippen molar-refractivity contribution in [3.8, 4) is 0 Å². The Morgan fingerprint density at radius 1 is 0.971 bits per heavy atom. The highest BCUT2D eigenvalue weighted by Gasteiger charge is 2.41. The van der Waals surface area contributed by atoms with Crippen LogP contribution >= 0.6 is 0 Å². The van der Waals surface area contributed by atoms with Gasteiger partial charge in [-0.1, -0.05) is 24.3 Å². The van der Waals surface area contributed by atoms with E-state index >= 15 is 0 Å². The van der Waals surface area contributed by atoms with Crippen molar-refractivity contribution in [2.24, 2.45) is 4.99 Å². The number of fused-ring (bicyclic) bond motifs is 2. The van der Waals surface area contributed by atoms with Crippen molar-refractivity contribution in [1.82, 2.24) is 14.8 Å². The third kappa shape index (κ3) is 3.86. The number of carbonyl (C=O) groups is 1. The highest BCUT2D eigenvalue weighted by atomic mass is 19.1. The summed E-state index contributed by atoms with van der Waals surface area (Å²) in [7, 11) is 2.05. The number of halogens is 1. The van der Waals surface area contributed by atoms with Gasteiger partial charge in [0.25, 0.3) is 0 Å². The minimum absolute atomic E-state index is 0.0407. The molecular formula is C29H29FN4O. The molecule has 6 heteroatoms. The van der Waals surface area contributed by atoms with E-state index in [9.17, 15) is 9.18 Å². The molecule has 1 fully saturated rings. The van der Waals surface area contributed by atoms with Crippen LogP contribution in [-0.4, -0.2) is 52.6 Å². The number of rotatable bonds is 3. The summed E-state index contributed by atoms with van der Waals surface area (Å²) in [5, 5.41) is 0. The summed E-state index contributed by atoms with van der Waals surface area (Å²) in [5.74, 6) is -0.107. The molecule has 1 saturated heterocycles. The zero-order chi connectivity index (χ0) is 24.3. The molecule has 1 amide bonds. The molecule has 4 heterocycles. The fraction of sp³-hybridized carbons (Fsp3) is 0.345. The van der Waals surface area contributed by atoms with Gasteiger partial charge in [0.1, 0.15) is 5.82 Å². The lowest BCUT2D eigenvalue weighted by Gasteiger charge is -2.37. The van der Waals surface area contributed by atoms with Crippen LogP contribution in [0.1, 0.15) is 50.7 Å². The Morgan fingerprint density at radius 2 is 1.74 bits per heavy atom. The third-order valence-electron chi connectivity index (χ3n) is 7.62. The molecule has 0 aliphatic carbocycles. The van der Waals surface area contributed by atoms with E-state index in [-0.39, 0.29) is 23.7 Å². The van der Waals surface area contributed by atoms with E-state index in [2.05, 4.69) is 34.1 Å². The second kappa shape index (κ2) is 8.38. The Labute approximate surface area is 205 Å². The first-order chi connectivity index (χ1) is 16.9. The maximum Gasteiger partial charge on any atom is 0.227 e. The maximum atomic E-state index is 14.7. The van der Waals surface area contributed by atoms with Gasteiger partial charge in [0.15, 0.2) is 0 Å². The quantitative estimate of drug-likeness (QED) is 0.580. The first-order valence-electron chi connectivity index (χ1n) is 12.2. The topological polar surface area (TPSA) is 48.8 Å². The van der Waals surface area contributed by atoms with E-state index in [0.717, 1.165) is 46.9 Å². The molecule has 5 nitrogen and oxygen atoms in total. The van der Waals surface area contributed by atoms with Crippen LogP contribution in [0.15, 0.2) is 53.5 Å². The molecule has 3 aliphatic rings. The van der Waals surface area contributed by atoms with Crippen molar-refractivity contribution >= 4 is 11.6 Å². The van der Waals surface area contributed by atoms with E-state index < -0.39 is 0 Å². The average Bonchev–Trinajstić information content (AvgIpc) is 3.40. The molecule has 178 valence electrons. The lowest BCUT2D eigenvalue weighted by atomic mass is 9.88. The molecule has 0 spiro atoms. The van der Waals surface area contributed by atoms with Gasteiger partial charge in [-0.2, -0.15) is 0 Å². The lowest BCUT2D eigenvalue weighted by molar-refractivity contribution is -0.134. The van der Waals surface area contributed by atoms with Gasteiger partial charge < -0.3 is 9.80 Å². The number of amides is 1. The second-order valence-corrected chi connectivity index (χ2v) is 10.2. The number of benzene rings is 2. The van der Waals surface area contributed by atoms with E-state index in [1.807, 2.05) is 37.9 Å². The van der Waals surface area contributed by atoms with Crippen LogP contribution in [0.2, 0.25) is 0 Å². The number of nitrogens with zero attached hydrogens (tertiary/aromatic N) is 4. The van der Waals surface area contributed by atoms with Crippen molar-refractivity contribution in [1.29, 1.82) is 0 Å². The first kappa shape index (κ1) is 22.1. The van der Waals surface area contributed by atoms with Crippen LogP contribution in [0.4, 0.5) is 4.39 Å². The fourth-order valence-corrected chi connectivity index (χ4v) is 6.08. The van der Waals surface area contributed by atoms with Crippen molar-refractivity contribution in [2.75, 3.05) is 20.1 Å². The van der Waals surface area contributed by atoms with Gasteiger partial charge in [-0.15, -0.1) is 0 Å². The Bertz CT molecular complexity index is 1360. The van der Waals surface area contributed by atoms with Crippen LogP contribution in [0.25, 0.3) is 0 Å². The molecule has 1 aromatic heterocycles. The van der Waals surface area contributed by atoms with E-state index in [1.54, 1.807) is 6.07 Å². The number of hydrogen-bond acceptors (Lipinski definition) is 4. The molecule has 35 heavy (non-hydrogen) atoms. The Kier molecular flexibility index (Phi) is 5.29. The molecule has 2 atom stereocenters. The Balaban J connectivity index is 1.34. The third-order valence-corrected chi connectivity index (χ3v) is 7.62. The molecule has 2 aromatic carbocycles. The Morgan fingerprint density at radius 3 is 2.51 bits per heavy atom. The summed E-state index contributed by atoms with van der Waals surface area (Å²) in [6.45, 7) is 6.69. The number of pyridine rings is 1. The fourth-order valence-electron chi connectivity index (χ4n) is 6.08. The average molecular weight is 469 g/mol. The molecule has 0 N–H and O–H groups in total. The number of aromatic nitrogens is 1. The van der Waals surface area contributed by atoms with Gasteiger partial charge >= 0.3 is 0 Å². The monoisotopic (exact) mass is 468 g/mol. The summed E-state index contributed by atoms with van der Waals surface area (Å²) < 4.78 is 14.7.